The number of carbonyl (C=O) groups excluding carboxylic acids is 2. The predicted octanol–water partition coefficient (Wildman–Crippen LogP) is 1.36. The van der Waals surface area contributed by atoms with Crippen LogP contribution in [0.4, 0.5) is 9.59 Å². The Morgan fingerprint density at radius 2 is 1.92 bits per heavy atom. The first-order valence-corrected chi connectivity index (χ1v) is 3.59. The number of ether oxygens (including phenoxy) is 1. The number of nitrogens with one attached hydrogen (secondary N) is 1. The van der Waals surface area contributed by atoms with E-state index in [-0.39, 0.29) is 0 Å². The molecule has 0 rings (SSSR count). The largest absolute Gasteiger partial charge is 0.443 e. The van der Waals surface area contributed by atoms with Crippen molar-refractivity contribution < 1.29 is 14.3 Å². The highest BCUT2D eigenvalue weighted by molar-refractivity contribution is 7.47. The first-order chi connectivity index (χ1) is 5.35. The summed E-state index contributed by atoms with van der Waals surface area (Å²) in [6.07, 6.45) is -0.846. The Balaban J connectivity index is 3.91. The van der Waals surface area contributed by atoms with Crippen molar-refractivity contribution in [1.29, 1.82) is 0 Å². The minimum Gasteiger partial charge on any atom is -0.443 e. The molecule has 0 aliphatic rings. The van der Waals surface area contributed by atoms with E-state index < -0.39 is 17.7 Å². The molecule has 1 N–H and O–H groups in total. The van der Waals surface area contributed by atoms with Gasteiger partial charge >= 0.3 is 12.1 Å². The fourth-order valence-corrected chi connectivity index (χ4v) is 0.459. The topological polar surface area (TPSA) is 67.8 Å². The van der Waals surface area contributed by atoms with Gasteiger partial charge in [0.2, 0.25) is 0 Å². The van der Waals surface area contributed by atoms with Crippen LogP contribution in [-0.4, -0.2) is 17.7 Å². The summed E-state index contributed by atoms with van der Waals surface area (Å²) >= 11 is 4.04. The smallest absolute Gasteiger partial charge is 0.415 e. The predicted molar refractivity (Wildman–Crippen MR) is 44.6 cm³/mol. The molecule has 0 atom stereocenters. The molecule has 0 spiro atoms. The molecule has 0 aliphatic carbocycles. The van der Waals surface area contributed by atoms with Gasteiger partial charge in [0.15, 0.2) is 0 Å². The molecule has 0 saturated heterocycles. The summed E-state index contributed by atoms with van der Waals surface area (Å²) in [5.74, 6) is 0. The summed E-state index contributed by atoms with van der Waals surface area (Å²) in [6.45, 7) is 5.05. The molecule has 5 nitrogen and oxygen atoms in total. The van der Waals surface area contributed by atoms with Crippen molar-refractivity contribution in [2.24, 2.45) is 4.36 Å². The third-order valence-electron chi connectivity index (χ3n) is 0.691. The van der Waals surface area contributed by atoms with Crippen molar-refractivity contribution in [3.05, 3.63) is 0 Å². The molecule has 0 fully saturated rings. The minimum absolute atomic E-state index is 0.633. The zero-order valence-corrected chi connectivity index (χ0v) is 7.90. The highest BCUT2D eigenvalue weighted by atomic mass is 32.1. The van der Waals surface area contributed by atoms with Crippen LogP contribution in [0.1, 0.15) is 20.8 Å². The molecule has 0 aromatic carbocycles. The fraction of sp³-hybridized carbons (Fsp3) is 0.667. The molecule has 0 saturated carbocycles. The van der Waals surface area contributed by atoms with Crippen LogP contribution in [0.3, 0.4) is 0 Å². The maximum atomic E-state index is 10.8. The molecule has 3 amide bonds. The maximum absolute atomic E-state index is 10.8. The number of amides is 3. The van der Waals surface area contributed by atoms with Crippen LogP contribution in [0, 0.1) is 0 Å². The molecule has 0 aromatic rings. The monoisotopic (exact) mass is 190 g/mol. The molecule has 0 heterocycles. The molecular weight excluding hydrogens is 180 g/mol. The van der Waals surface area contributed by atoms with Gasteiger partial charge in [-0.3, -0.25) is 0 Å². The Bertz CT molecular complexity index is 209. The van der Waals surface area contributed by atoms with Crippen LogP contribution >= 0.6 is 0 Å². The standard InChI is InChI=1S/C6H10N2O3S/c1-6(2,3)11-5(10)7-4(9)8-12/h1-3H3,(H,7,9,10). The van der Waals surface area contributed by atoms with Crippen LogP contribution in [0.5, 0.6) is 0 Å². The summed E-state index contributed by atoms with van der Waals surface area (Å²) < 4.78 is 7.52. The minimum atomic E-state index is -0.890. The second-order valence-corrected chi connectivity index (χ2v) is 3.21. The molecule has 0 radical (unpaired) electrons. The van der Waals surface area contributed by atoms with Crippen LogP contribution in [-0.2, 0) is 17.2 Å². The quantitative estimate of drug-likeness (QED) is 0.626. The number of alkyl carbamates (subject to hydrolysis) is 1. The lowest BCUT2D eigenvalue weighted by atomic mass is 10.2. The molecule has 12 heavy (non-hydrogen) atoms. The van der Waals surface area contributed by atoms with E-state index in [0.717, 1.165) is 0 Å². The highest BCUT2D eigenvalue weighted by Crippen LogP contribution is 2.06. The summed E-state index contributed by atoms with van der Waals surface area (Å²) in [5, 5.41) is 1.82. The molecule has 0 aliphatic heterocycles. The van der Waals surface area contributed by atoms with Crippen molar-refractivity contribution in [2.75, 3.05) is 0 Å². The van der Waals surface area contributed by atoms with E-state index in [0.29, 0.717) is 0 Å². The van der Waals surface area contributed by atoms with E-state index in [9.17, 15) is 9.59 Å². The van der Waals surface area contributed by atoms with Crippen molar-refractivity contribution in [1.82, 2.24) is 5.32 Å². The molecule has 6 heteroatoms. The zero-order valence-electron chi connectivity index (χ0n) is 7.08. The molecule has 68 valence electrons. The van der Waals surface area contributed by atoms with Gasteiger partial charge < -0.3 is 4.74 Å². The van der Waals surface area contributed by atoms with Gasteiger partial charge in [-0.15, -0.1) is 4.36 Å². The molecule has 0 bridgehead atoms. The number of urea groups is 1. The highest BCUT2D eigenvalue weighted by Gasteiger charge is 2.17. The fourth-order valence-electron chi connectivity index (χ4n) is 0.414. The second kappa shape index (κ2) is 4.10. The van der Waals surface area contributed by atoms with Crippen molar-refractivity contribution in [3.63, 3.8) is 0 Å². The first-order valence-electron chi connectivity index (χ1n) is 3.22. The number of carbonyl (C=O) groups is 2. The maximum Gasteiger partial charge on any atom is 0.415 e. The SMILES string of the molecule is CC(C)(C)OC(=O)NC(=O)N=S. The number of imide groups is 1. The summed E-state index contributed by atoms with van der Waals surface area (Å²) in [5.41, 5.74) is -0.633. The van der Waals surface area contributed by atoms with Crippen LogP contribution in [0.15, 0.2) is 4.36 Å². The van der Waals surface area contributed by atoms with Crippen molar-refractivity contribution in [2.45, 2.75) is 26.4 Å². The van der Waals surface area contributed by atoms with Crippen molar-refractivity contribution in [3.8, 4) is 0 Å². The number of rotatable bonds is 0. The van der Waals surface area contributed by atoms with Crippen LogP contribution < -0.4 is 5.32 Å². The number of nitrogens with zero attached hydrogens (tertiary/aromatic N) is 1. The van der Waals surface area contributed by atoms with Gasteiger partial charge in [0.1, 0.15) is 5.60 Å². The second-order valence-electron chi connectivity index (χ2n) is 3.02. The van der Waals surface area contributed by atoms with Gasteiger partial charge in [0.05, 0.1) is 0 Å². The lowest BCUT2D eigenvalue weighted by molar-refractivity contribution is 0.0550. The first kappa shape index (κ1) is 11.0. The van der Waals surface area contributed by atoms with Crippen molar-refractivity contribution >= 4 is 24.5 Å². The Morgan fingerprint density at radius 3 is 2.25 bits per heavy atom. The Hall–Kier alpha value is -1.04. The van der Waals surface area contributed by atoms with E-state index in [1.54, 1.807) is 20.8 Å². The van der Waals surface area contributed by atoms with Crippen LogP contribution in [0.25, 0.3) is 0 Å². The number of hydrogen-bond acceptors (Lipinski definition) is 4. The third kappa shape index (κ3) is 5.72. The summed E-state index contributed by atoms with van der Waals surface area (Å²) in [7, 11) is 0. The van der Waals surface area contributed by atoms with Gasteiger partial charge in [0.25, 0.3) is 0 Å². The van der Waals surface area contributed by atoms with E-state index in [1.807, 2.05) is 5.32 Å². The summed E-state index contributed by atoms with van der Waals surface area (Å²) in [4.78, 5) is 21.2. The van der Waals surface area contributed by atoms with Gasteiger partial charge in [-0.2, -0.15) is 0 Å². The molecule has 0 aromatic heterocycles. The zero-order chi connectivity index (χ0) is 9.78. The van der Waals surface area contributed by atoms with Gasteiger partial charge in [-0.25, -0.2) is 14.9 Å². The lowest BCUT2D eigenvalue weighted by Gasteiger charge is -2.18. The van der Waals surface area contributed by atoms with Gasteiger partial charge in [-0.05, 0) is 20.8 Å². The average Bonchev–Trinajstić information content (AvgIpc) is 1.82. The van der Waals surface area contributed by atoms with Gasteiger partial charge in [0, 0.05) is 12.4 Å². The Morgan fingerprint density at radius 1 is 1.42 bits per heavy atom. The van der Waals surface area contributed by atoms with E-state index in [4.69, 9.17) is 4.74 Å². The van der Waals surface area contributed by atoms with E-state index in [1.165, 1.54) is 0 Å². The van der Waals surface area contributed by atoms with Gasteiger partial charge in [-0.1, -0.05) is 0 Å². The van der Waals surface area contributed by atoms with Crippen LogP contribution in [0.2, 0.25) is 0 Å². The number of hydrogen-bond donors (Lipinski definition) is 1. The molecule has 0 unspecified atom stereocenters. The third-order valence-corrected chi connectivity index (χ3v) is 0.857. The summed E-state index contributed by atoms with van der Waals surface area (Å²) in [6, 6.07) is -0.890. The normalized spacial score (nSPS) is 10.2. The Labute approximate surface area is 75.6 Å². The average molecular weight is 190 g/mol. The lowest BCUT2D eigenvalue weighted by Crippen LogP contribution is -2.34. The van der Waals surface area contributed by atoms with E-state index >= 15 is 0 Å². The molecular formula is C6H10N2O3S. The van der Waals surface area contributed by atoms with E-state index in [2.05, 4.69) is 16.8 Å². The Kier molecular flexibility index (Phi) is 3.75.